The molecule has 1 atom stereocenters. The summed E-state index contributed by atoms with van der Waals surface area (Å²) >= 11 is 1.31. The summed E-state index contributed by atoms with van der Waals surface area (Å²) in [6.45, 7) is 3.87. The van der Waals surface area contributed by atoms with Crippen molar-refractivity contribution in [3.05, 3.63) is 115 Å². The molecular weight excluding hydrogens is 524 g/mol. The Morgan fingerprint density at radius 3 is 2.45 bits per heavy atom. The van der Waals surface area contributed by atoms with Crippen LogP contribution in [-0.4, -0.2) is 23.9 Å². The molecule has 0 spiro atoms. The van der Waals surface area contributed by atoms with Crippen LogP contribution in [0.5, 0.6) is 11.5 Å². The number of ether oxygens (including phenoxy) is 3. The molecule has 4 aromatic carbocycles. The molecule has 0 saturated carbocycles. The number of fused-ring (bicyclic) bond motifs is 4. The number of hydrogen-bond acceptors (Lipinski definition) is 7. The quantitative estimate of drug-likeness (QED) is 0.237. The van der Waals surface area contributed by atoms with Crippen molar-refractivity contribution in [3.8, 4) is 11.5 Å². The lowest BCUT2D eigenvalue weighted by Crippen LogP contribution is -2.39. The molecule has 0 N–H and O–H groups in total. The SMILES string of the molecule is CCOC(=O)C1=C(C)N=c2s/c(=C\c3c4ccccc4cc4ccccc34)c(=O)n2[C@H]1c1ccc2c(c1)OCO2. The van der Waals surface area contributed by atoms with E-state index in [1.165, 1.54) is 11.3 Å². The Morgan fingerprint density at radius 1 is 1.02 bits per heavy atom. The van der Waals surface area contributed by atoms with Crippen molar-refractivity contribution < 1.29 is 19.0 Å². The maximum atomic E-state index is 14.2. The first-order valence-corrected chi connectivity index (χ1v) is 13.8. The van der Waals surface area contributed by atoms with E-state index < -0.39 is 12.0 Å². The zero-order valence-corrected chi connectivity index (χ0v) is 22.7. The van der Waals surface area contributed by atoms with E-state index in [1.54, 1.807) is 24.5 Å². The van der Waals surface area contributed by atoms with Crippen molar-refractivity contribution in [2.24, 2.45) is 4.99 Å². The second-order valence-corrected chi connectivity index (χ2v) is 10.7. The van der Waals surface area contributed by atoms with Crippen LogP contribution < -0.4 is 24.4 Å². The molecule has 0 aliphatic carbocycles. The largest absolute Gasteiger partial charge is 0.463 e. The molecule has 8 heteroatoms. The van der Waals surface area contributed by atoms with E-state index in [-0.39, 0.29) is 19.0 Å². The van der Waals surface area contributed by atoms with Crippen LogP contribution in [0.25, 0.3) is 27.6 Å². The van der Waals surface area contributed by atoms with Gasteiger partial charge in [0.25, 0.3) is 5.56 Å². The zero-order chi connectivity index (χ0) is 27.4. The summed E-state index contributed by atoms with van der Waals surface area (Å²) in [4.78, 5) is 32.6. The van der Waals surface area contributed by atoms with E-state index in [0.717, 1.165) is 27.1 Å². The Labute approximate surface area is 232 Å². The van der Waals surface area contributed by atoms with Crippen molar-refractivity contribution in [2.75, 3.05) is 13.4 Å². The molecular formula is C32H24N2O5S. The first kappa shape index (κ1) is 24.4. The first-order valence-electron chi connectivity index (χ1n) is 13.0. The van der Waals surface area contributed by atoms with Gasteiger partial charge in [-0.25, -0.2) is 9.79 Å². The average molecular weight is 549 g/mol. The number of carbonyl (C=O) groups is 1. The van der Waals surface area contributed by atoms with Gasteiger partial charge in [0.05, 0.1) is 28.5 Å². The Morgan fingerprint density at radius 2 is 1.73 bits per heavy atom. The summed E-state index contributed by atoms with van der Waals surface area (Å²) < 4.78 is 18.7. The van der Waals surface area contributed by atoms with Gasteiger partial charge in [0.15, 0.2) is 16.3 Å². The Bertz CT molecular complexity index is 2020. The summed E-state index contributed by atoms with van der Waals surface area (Å²) in [6, 6.07) is 23.3. The Balaban J connectivity index is 1.49. The second-order valence-electron chi connectivity index (χ2n) is 9.65. The molecule has 7 rings (SSSR count). The van der Waals surface area contributed by atoms with Gasteiger partial charge in [-0.2, -0.15) is 0 Å². The molecule has 0 unspecified atom stereocenters. The number of aromatic nitrogens is 1. The van der Waals surface area contributed by atoms with E-state index in [1.807, 2.05) is 42.5 Å². The Hall–Kier alpha value is -4.69. The molecule has 2 aliphatic rings. The van der Waals surface area contributed by atoms with Crippen LogP contribution in [-0.2, 0) is 9.53 Å². The summed E-state index contributed by atoms with van der Waals surface area (Å²) in [5.74, 6) is 0.692. The van der Waals surface area contributed by atoms with Gasteiger partial charge in [-0.05, 0) is 70.8 Å². The maximum absolute atomic E-state index is 14.2. The number of carbonyl (C=O) groups excluding carboxylic acids is 1. The van der Waals surface area contributed by atoms with Gasteiger partial charge < -0.3 is 14.2 Å². The topological polar surface area (TPSA) is 79.1 Å². The Kier molecular flexibility index (Phi) is 5.78. The average Bonchev–Trinajstić information content (AvgIpc) is 3.55. The third-order valence-corrected chi connectivity index (χ3v) is 8.30. The fourth-order valence-corrected chi connectivity index (χ4v) is 6.55. The highest BCUT2D eigenvalue weighted by atomic mass is 32.1. The van der Waals surface area contributed by atoms with Crippen molar-refractivity contribution in [1.82, 2.24) is 4.57 Å². The van der Waals surface area contributed by atoms with Crippen LogP contribution in [0, 0.1) is 0 Å². The van der Waals surface area contributed by atoms with Crippen LogP contribution in [0.1, 0.15) is 31.0 Å². The predicted molar refractivity (Wildman–Crippen MR) is 154 cm³/mol. The number of allylic oxidation sites excluding steroid dienone is 1. The fraction of sp³-hybridized carbons (Fsp3) is 0.156. The van der Waals surface area contributed by atoms with E-state index in [2.05, 4.69) is 30.3 Å². The van der Waals surface area contributed by atoms with Gasteiger partial charge in [-0.1, -0.05) is 65.9 Å². The van der Waals surface area contributed by atoms with Crippen molar-refractivity contribution in [3.63, 3.8) is 0 Å². The molecule has 2 aliphatic heterocycles. The summed E-state index contributed by atoms with van der Waals surface area (Å²) in [5, 5.41) is 4.31. The summed E-state index contributed by atoms with van der Waals surface area (Å²) in [6.07, 6.45) is 1.95. The van der Waals surface area contributed by atoms with Crippen LogP contribution in [0.4, 0.5) is 0 Å². The smallest absolute Gasteiger partial charge is 0.338 e. The molecule has 7 nitrogen and oxygen atoms in total. The monoisotopic (exact) mass is 548 g/mol. The number of thiazole rings is 1. The van der Waals surface area contributed by atoms with E-state index in [9.17, 15) is 9.59 Å². The van der Waals surface area contributed by atoms with Crippen molar-refractivity contribution >= 4 is 44.9 Å². The molecule has 5 aromatic rings. The molecule has 0 fully saturated rings. The number of nitrogens with zero attached hydrogens (tertiary/aromatic N) is 2. The molecule has 0 amide bonds. The summed E-state index contributed by atoms with van der Waals surface area (Å²) in [5.41, 5.74) is 2.31. The van der Waals surface area contributed by atoms with E-state index in [0.29, 0.717) is 37.7 Å². The van der Waals surface area contributed by atoms with Gasteiger partial charge in [0.2, 0.25) is 6.79 Å². The van der Waals surface area contributed by atoms with Gasteiger partial charge in [-0.15, -0.1) is 0 Å². The number of hydrogen-bond donors (Lipinski definition) is 0. The molecule has 198 valence electrons. The molecule has 1 aromatic heterocycles. The van der Waals surface area contributed by atoms with Gasteiger partial charge in [0.1, 0.15) is 0 Å². The van der Waals surface area contributed by atoms with Crippen LogP contribution >= 0.6 is 11.3 Å². The van der Waals surface area contributed by atoms with E-state index in [4.69, 9.17) is 19.2 Å². The maximum Gasteiger partial charge on any atom is 0.338 e. The fourth-order valence-electron chi connectivity index (χ4n) is 5.53. The summed E-state index contributed by atoms with van der Waals surface area (Å²) in [7, 11) is 0. The zero-order valence-electron chi connectivity index (χ0n) is 21.8. The number of esters is 1. The normalized spacial score (nSPS) is 16.4. The van der Waals surface area contributed by atoms with Gasteiger partial charge >= 0.3 is 5.97 Å². The number of benzene rings is 4. The van der Waals surface area contributed by atoms with Crippen LogP contribution in [0.15, 0.2) is 93.9 Å². The minimum absolute atomic E-state index is 0.125. The standard InChI is InChI=1S/C32H24N2O5S/c1-3-37-31(36)28-18(2)33-32-34(29(28)21-12-13-25-26(15-21)39-17-38-25)30(35)27(40-32)16-24-22-10-6-4-8-19(22)14-20-9-5-7-11-23(20)24/h4-16,29H,3,17H2,1-2H3/b27-16-/t29-/m0/s1. The molecule has 40 heavy (non-hydrogen) atoms. The van der Waals surface area contributed by atoms with E-state index >= 15 is 0 Å². The number of rotatable bonds is 4. The minimum atomic E-state index is -0.726. The lowest BCUT2D eigenvalue weighted by molar-refractivity contribution is -0.139. The lowest BCUT2D eigenvalue weighted by Gasteiger charge is -2.24. The van der Waals surface area contributed by atoms with Gasteiger partial charge in [0, 0.05) is 0 Å². The highest BCUT2D eigenvalue weighted by Crippen LogP contribution is 2.38. The molecule has 0 saturated heterocycles. The highest BCUT2D eigenvalue weighted by molar-refractivity contribution is 7.07. The van der Waals surface area contributed by atoms with Crippen LogP contribution in [0.3, 0.4) is 0 Å². The lowest BCUT2D eigenvalue weighted by atomic mass is 9.95. The van der Waals surface area contributed by atoms with Gasteiger partial charge in [-0.3, -0.25) is 9.36 Å². The van der Waals surface area contributed by atoms with Crippen molar-refractivity contribution in [2.45, 2.75) is 19.9 Å². The third kappa shape index (κ3) is 3.83. The van der Waals surface area contributed by atoms with Crippen LogP contribution in [0.2, 0.25) is 0 Å². The third-order valence-electron chi connectivity index (χ3n) is 7.32. The molecule has 3 heterocycles. The minimum Gasteiger partial charge on any atom is -0.463 e. The highest BCUT2D eigenvalue weighted by Gasteiger charge is 2.34. The predicted octanol–water partition coefficient (Wildman–Crippen LogP) is 4.83. The molecule has 0 bridgehead atoms. The second kappa shape index (κ2) is 9.50. The van der Waals surface area contributed by atoms with Crippen molar-refractivity contribution in [1.29, 1.82) is 0 Å². The first-order chi connectivity index (χ1) is 19.5. The molecule has 0 radical (unpaired) electrons.